The Morgan fingerprint density at radius 3 is 2.87 bits per heavy atom. The molecular weight excluding hydrogens is 212 g/mol. The van der Waals surface area contributed by atoms with Crippen LogP contribution in [0.2, 0.25) is 0 Å². The zero-order chi connectivity index (χ0) is 11.3. The van der Waals surface area contributed by atoms with E-state index in [9.17, 15) is 10.1 Å². The summed E-state index contributed by atoms with van der Waals surface area (Å²) < 4.78 is 0. The molecule has 1 aromatic carbocycles. The van der Waals surface area contributed by atoms with E-state index in [1.54, 1.807) is 24.8 Å². The highest BCUT2D eigenvalue weighted by atomic mass is 32.2. The molecule has 0 amide bonds. The first-order valence-corrected chi connectivity index (χ1v) is 6.03. The van der Waals surface area contributed by atoms with Gasteiger partial charge in [0.2, 0.25) is 0 Å². The van der Waals surface area contributed by atoms with Crippen LogP contribution in [-0.2, 0) is 0 Å². The molecule has 1 rings (SSSR count). The normalized spacial score (nSPS) is 10.0. The number of benzene rings is 1. The van der Waals surface area contributed by atoms with Gasteiger partial charge >= 0.3 is 0 Å². The number of anilines is 1. The summed E-state index contributed by atoms with van der Waals surface area (Å²) in [6.07, 6.45) is 2.03. The smallest absolute Gasteiger partial charge is 0.274 e. The monoisotopic (exact) mass is 226 g/mol. The van der Waals surface area contributed by atoms with E-state index in [4.69, 9.17) is 0 Å². The SMILES string of the molecule is CSCCNc1cccc([N+](=O)[O-])c1C. The highest BCUT2D eigenvalue weighted by Gasteiger charge is 2.12. The summed E-state index contributed by atoms with van der Waals surface area (Å²) in [7, 11) is 0. The Morgan fingerprint density at radius 1 is 1.53 bits per heavy atom. The number of thioether (sulfide) groups is 1. The number of nitro groups is 1. The Bertz CT molecular complexity index is 355. The van der Waals surface area contributed by atoms with Crippen molar-refractivity contribution in [2.24, 2.45) is 0 Å². The Kier molecular flexibility index (Phi) is 4.42. The van der Waals surface area contributed by atoms with Crippen LogP contribution in [0.1, 0.15) is 5.56 Å². The second-order valence-corrected chi connectivity index (χ2v) is 4.11. The van der Waals surface area contributed by atoms with Crippen molar-refractivity contribution in [2.75, 3.05) is 23.9 Å². The molecule has 0 saturated carbocycles. The zero-order valence-electron chi connectivity index (χ0n) is 8.82. The van der Waals surface area contributed by atoms with Crippen LogP contribution in [0.25, 0.3) is 0 Å². The van der Waals surface area contributed by atoms with Crippen molar-refractivity contribution in [3.8, 4) is 0 Å². The van der Waals surface area contributed by atoms with Crippen LogP contribution >= 0.6 is 11.8 Å². The van der Waals surface area contributed by atoms with Gasteiger partial charge in [0.15, 0.2) is 0 Å². The predicted molar refractivity (Wildman–Crippen MR) is 64.7 cm³/mol. The van der Waals surface area contributed by atoms with Crippen LogP contribution in [0.4, 0.5) is 11.4 Å². The minimum atomic E-state index is -0.352. The summed E-state index contributed by atoms with van der Waals surface area (Å²) in [4.78, 5) is 10.3. The highest BCUT2D eigenvalue weighted by Crippen LogP contribution is 2.24. The van der Waals surface area contributed by atoms with Crippen LogP contribution in [0, 0.1) is 17.0 Å². The van der Waals surface area contributed by atoms with E-state index in [-0.39, 0.29) is 10.6 Å². The third-order valence-corrected chi connectivity index (χ3v) is 2.74. The van der Waals surface area contributed by atoms with Gasteiger partial charge in [0.05, 0.1) is 4.92 Å². The standard InChI is InChI=1S/C10H14N2O2S/c1-8-9(11-6-7-15-2)4-3-5-10(8)12(13)14/h3-5,11H,6-7H2,1-2H3. The minimum Gasteiger partial charge on any atom is -0.384 e. The highest BCUT2D eigenvalue weighted by molar-refractivity contribution is 7.98. The Balaban J connectivity index is 2.80. The molecule has 0 unspecified atom stereocenters. The molecule has 82 valence electrons. The third kappa shape index (κ3) is 3.13. The molecular formula is C10H14N2O2S. The van der Waals surface area contributed by atoms with Gasteiger partial charge in [-0.25, -0.2) is 0 Å². The summed E-state index contributed by atoms with van der Waals surface area (Å²) >= 11 is 1.74. The maximum absolute atomic E-state index is 10.7. The second kappa shape index (κ2) is 5.60. The van der Waals surface area contributed by atoms with Crippen molar-refractivity contribution in [2.45, 2.75) is 6.92 Å². The molecule has 0 saturated heterocycles. The maximum atomic E-state index is 10.7. The van der Waals surface area contributed by atoms with Crippen molar-refractivity contribution < 1.29 is 4.92 Å². The molecule has 0 aromatic heterocycles. The lowest BCUT2D eigenvalue weighted by atomic mass is 10.1. The molecule has 4 nitrogen and oxygen atoms in total. The number of hydrogen-bond acceptors (Lipinski definition) is 4. The fourth-order valence-electron chi connectivity index (χ4n) is 1.30. The maximum Gasteiger partial charge on any atom is 0.274 e. The first kappa shape index (κ1) is 11.8. The summed E-state index contributed by atoms with van der Waals surface area (Å²) in [6, 6.07) is 5.09. The van der Waals surface area contributed by atoms with Gasteiger partial charge in [0, 0.05) is 29.6 Å². The largest absolute Gasteiger partial charge is 0.384 e. The fraction of sp³-hybridized carbons (Fsp3) is 0.400. The van der Waals surface area contributed by atoms with Gasteiger partial charge in [-0.15, -0.1) is 0 Å². The van der Waals surface area contributed by atoms with Crippen LogP contribution in [0.3, 0.4) is 0 Å². The average Bonchev–Trinajstić information content (AvgIpc) is 2.20. The van der Waals surface area contributed by atoms with Crippen LogP contribution < -0.4 is 5.32 Å². The topological polar surface area (TPSA) is 55.2 Å². The van der Waals surface area contributed by atoms with E-state index < -0.39 is 0 Å². The predicted octanol–water partition coefficient (Wildman–Crippen LogP) is 2.68. The summed E-state index contributed by atoms with van der Waals surface area (Å²) in [6.45, 7) is 2.59. The van der Waals surface area contributed by atoms with Crippen LogP contribution in [0.5, 0.6) is 0 Å². The first-order valence-electron chi connectivity index (χ1n) is 4.63. The molecule has 0 aliphatic rings. The molecule has 0 heterocycles. The number of nitro benzene ring substituents is 1. The Morgan fingerprint density at radius 2 is 2.27 bits per heavy atom. The Labute approximate surface area is 93.2 Å². The molecule has 0 aliphatic carbocycles. The average molecular weight is 226 g/mol. The molecule has 0 radical (unpaired) electrons. The molecule has 0 bridgehead atoms. The van der Waals surface area contributed by atoms with Gasteiger partial charge < -0.3 is 5.32 Å². The van der Waals surface area contributed by atoms with Crippen molar-refractivity contribution in [3.05, 3.63) is 33.9 Å². The van der Waals surface area contributed by atoms with E-state index in [0.29, 0.717) is 5.56 Å². The number of nitrogens with one attached hydrogen (secondary N) is 1. The number of nitrogens with zero attached hydrogens (tertiary/aromatic N) is 1. The zero-order valence-corrected chi connectivity index (χ0v) is 9.63. The van der Waals surface area contributed by atoms with Gasteiger partial charge in [-0.05, 0) is 19.2 Å². The molecule has 0 spiro atoms. The van der Waals surface area contributed by atoms with Gasteiger partial charge in [0.1, 0.15) is 0 Å². The number of rotatable bonds is 5. The van der Waals surface area contributed by atoms with Crippen molar-refractivity contribution in [1.29, 1.82) is 0 Å². The second-order valence-electron chi connectivity index (χ2n) is 3.13. The van der Waals surface area contributed by atoms with Gasteiger partial charge in [-0.1, -0.05) is 6.07 Å². The van der Waals surface area contributed by atoms with Gasteiger partial charge in [0.25, 0.3) is 5.69 Å². The Hall–Kier alpha value is -1.23. The lowest BCUT2D eigenvalue weighted by Gasteiger charge is -2.08. The molecule has 1 N–H and O–H groups in total. The van der Waals surface area contributed by atoms with E-state index >= 15 is 0 Å². The minimum absolute atomic E-state index is 0.171. The van der Waals surface area contributed by atoms with Crippen molar-refractivity contribution in [3.63, 3.8) is 0 Å². The molecule has 1 aromatic rings. The van der Waals surface area contributed by atoms with Crippen molar-refractivity contribution >= 4 is 23.1 Å². The lowest BCUT2D eigenvalue weighted by Crippen LogP contribution is -2.06. The third-order valence-electron chi connectivity index (χ3n) is 2.12. The van der Waals surface area contributed by atoms with Crippen LogP contribution in [0.15, 0.2) is 18.2 Å². The number of hydrogen-bond donors (Lipinski definition) is 1. The van der Waals surface area contributed by atoms with Crippen LogP contribution in [-0.4, -0.2) is 23.5 Å². The van der Waals surface area contributed by atoms with E-state index in [0.717, 1.165) is 18.0 Å². The van der Waals surface area contributed by atoms with Gasteiger partial charge in [-0.3, -0.25) is 10.1 Å². The summed E-state index contributed by atoms with van der Waals surface area (Å²) in [5.41, 5.74) is 1.71. The van der Waals surface area contributed by atoms with Crippen molar-refractivity contribution in [1.82, 2.24) is 0 Å². The summed E-state index contributed by atoms with van der Waals surface area (Å²) in [5.74, 6) is 0.988. The van der Waals surface area contributed by atoms with E-state index in [1.807, 2.05) is 12.3 Å². The molecule has 0 atom stereocenters. The lowest BCUT2D eigenvalue weighted by molar-refractivity contribution is -0.385. The summed E-state index contributed by atoms with van der Waals surface area (Å²) in [5, 5.41) is 13.9. The van der Waals surface area contributed by atoms with E-state index in [2.05, 4.69) is 5.32 Å². The molecule has 0 fully saturated rings. The fourth-order valence-corrected chi connectivity index (χ4v) is 1.61. The molecule has 0 aliphatic heterocycles. The first-order chi connectivity index (χ1) is 7.16. The molecule has 5 heteroatoms. The van der Waals surface area contributed by atoms with Gasteiger partial charge in [-0.2, -0.15) is 11.8 Å². The molecule has 15 heavy (non-hydrogen) atoms. The van der Waals surface area contributed by atoms with E-state index in [1.165, 1.54) is 6.07 Å². The quantitative estimate of drug-likeness (QED) is 0.476.